The Morgan fingerprint density at radius 2 is 2.50 bits per heavy atom. The Kier molecular flexibility index (Phi) is 0.856. The van der Waals surface area contributed by atoms with Crippen molar-refractivity contribution in [2.45, 2.75) is 6.04 Å². The number of hydrogen-bond donors (Lipinski definition) is 1. The minimum absolute atomic E-state index is 0.134. The standard InChI is InChI=1S/C3H5NOS/c4-2-1-6-3(2)5/h2H,1,4H2/t2-/m0/s1. The highest BCUT2D eigenvalue weighted by Gasteiger charge is 2.24. The highest BCUT2D eigenvalue weighted by molar-refractivity contribution is 8.16. The zero-order chi connectivity index (χ0) is 4.57. The lowest BCUT2D eigenvalue weighted by Crippen LogP contribution is -2.39. The number of hydrogen-bond acceptors (Lipinski definition) is 3. The molecule has 34 valence electrons. The fourth-order valence-corrected chi connectivity index (χ4v) is 0.743. The first-order valence-corrected chi connectivity index (χ1v) is 2.71. The second kappa shape index (κ2) is 1.24. The van der Waals surface area contributed by atoms with Crippen molar-refractivity contribution in [3.8, 4) is 0 Å². The third kappa shape index (κ3) is 0.438. The lowest BCUT2D eigenvalue weighted by atomic mass is 10.4. The van der Waals surface area contributed by atoms with Gasteiger partial charge in [0.15, 0.2) is 0 Å². The molecule has 0 aromatic carbocycles. The van der Waals surface area contributed by atoms with Crippen molar-refractivity contribution >= 4 is 16.9 Å². The Bertz CT molecular complexity index is 82.9. The SMILES string of the molecule is N[C@H]1CSC1=O. The molecule has 2 nitrogen and oxygen atoms in total. The van der Waals surface area contributed by atoms with Crippen molar-refractivity contribution in [2.75, 3.05) is 5.75 Å². The van der Waals surface area contributed by atoms with Crippen LogP contribution in [-0.4, -0.2) is 16.9 Å². The maximum absolute atomic E-state index is 10.1. The van der Waals surface area contributed by atoms with Crippen LogP contribution in [0.25, 0.3) is 0 Å². The van der Waals surface area contributed by atoms with Crippen LogP contribution in [0.15, 0.2) is 0 Å². The second-order valence-electron chi connectivity index (χ2n) is 1.24. The Morgan fingerprint density at radius 3 is 2.50 bits per heavy atom. The number of rotatable bonds is 0. The van der Waals surface area contributed by atoms with E-state index in [9.17, 15) is 4.79 Å². The number of carbonyl (C=O) groups excluding carboxylic acids is 1. The van der Waals surface area contributed by atoms with E-state index in [0.717, 1.165) is 5.75 Å². The predicted molar refractivity (Wildman–Crippen MR) is 25.4 cm³/mol. The molecular weight excluding hydrogens is 98.1 g/mol. The van der Waals surface area contributed by atoms with Crippen molar-refractivity contribution in [1.29, 1.82) is 0 Å². The molecule has 1 heterocycles. The molecule has 1 rings (SSSR count). The van der Waals surface area contributed by atoms with E-state index in [1.54, 1.807) is 0 Å². The van der Waals surface area contributed by atoms with E-state index in [2.05, 4.69) is 0 Å². The van der Waals surface area contributed by atoms with E-state index in [1.807, 2.05) is 0 Å². The smallest absolute Gasteiger partial charge is 0.206 e. The van der Waals surface area contributed by atoms with Crippen LogP contribution in [0.4, 0.5) is 0 Å². The molecule has 6 heavy (non-hydrogen) atoms. The Labute approximate surface area is 40.1 Å². The monoisotopic (exact) mass is 103 g/mol. The maximum atomic E-state index is 10.1. The summed E-state index contributed by atoms with van der Waals surface area (Å²) in [5, 5.41) is 0.134. The van der Waals surface area contributed by atoms with E-state index in [1.165, 1.54) is 11.8 Å². The summed E-state index contributed by atoms with van der Waals surface area (Å²) in [5.74, 6) is 0.818. The van der Waals surface area contributed by atoms with E-state index in [-0.39, 0.29) is 11.2 Å². The van der Waals surface area contributed by atoms with Gasteiger partial charge in [0.2, 0.25) is 5.12 Å². The van der Waals surface area contributed by atoms with Crippen LogP contribution in [-0.2, 0) is 4.79 Å². The summed E-state index contributed by atoms with van der Waals surface area (Å²) < 4.78 is 0. The Balaban J connectivity index is 2.39. The van der Waals surface area contributed by atoms with Crippen LogP contribution in [0.5, 0.6) is 0 Å². The van der Waals surface area contributed by atoms with Gasteiger partial charge in [-0.15, -0.1) is 0 Å². The van der Waals surface area contributed by atoms with Crippen LogP contribution >= 0.6 is 11.8 Å². The molecule has 0 spiro atoms. The minimum Gasteiger partial charge on any atom is -0.320 e. The van der Waals surface area contributed by atoms with E-state index < -0.39 is 0 Å². The Morgan fingerprint density at radius 1 is 2.00 bits per heavy atom. The molecule has 0 aromatic rings. The van der Waals surface area contributed by atoms with Gasteiger partial charge in [-0.1, -0.05) is 11.8 Å². The molecule has 0 saturated carbocycles. The first kappa shape index (κ1) is 4.15. The maximum Gasteiger partial charge on any atom is 0.206 e. The third-order valence-corrected chi connectivity index (χ3v) is 1.82. The molecule has 0 amide bonds. The van der Waals surface area contributed by atoms with Crippen LogP contribution in [0.1, 0.15) is 0 Å². The summed E-state index contributed by atoms with van der Waals surface area (Å²) in [4.78, 5) is 10.1. The summed E-state index contributed by atoms with van der Waals surface area (Å²) in [6.45, 7) is 0. The van der Waals surface area contributed by atoms with Crippen molar-refractivity contribution in [1.82, 2.24) is 0 Å². The van der Waals surface area contributed by atoms with Gasteiger partial charge in [-0.3, -0.25) is 4.79 Å². The molecule has 1 saturated heterocycles. The number of thioether (sulfide) groups is 1. The summed E-state index contributed by atoms with van der Waals surface area (Å²) in [6.07, 6.45) is 0. The van der Waals surface area contributed by atoms with Crippen molar-refractivity contribution in [3.05, 3.63) is 0 Å². The van der Waals surface area contributed by atoms with Gasteiger partial charge in [0.05, 0.1) is 6.04 Å². The van der Waals surface area contributed by atoms with Crippen LogP contribution in [0.2, 0.25) is 0 Å². The average molecular weight is 103 g/mol. The molecule has 0 bridgehead atoms. The molecule has 0 aliphatic carbocycles. The van der Waals surface area contributed by atoms with E-state index >= 15 is 0 Å². The highest BCUT2D eigenvalue weighted by atomic mass is 32.2. The molecule has 1 fully saturated rings. The van der Waals surface area contributed by atoms with E-state index in [0.29, 0.717) is 0 Å². The Hall–Kier alpha value is -0.0200. The van der Waals surface area contributed by atoms with Gasteiger partial charge >= 0.3 is 0 Å². The molecule has 1 aliphatic heterocycles. The first-order valence-electron chi connectivity index (χ1n) is 1.73. The third-order valence-electron chi connectivity index (χ3n) is 0.708. The largest absolute Gasteiger partial charge is 0.320 e. The summed E-state index contributed by atoms with van der Waals surface area (Å²) in [7, 11) is 0. The van der Waals surface area contributed by atoms with Crippen LogP contribution < -0.4 is 5.73 Å². The molecule has 0 unspecified atom stereocenters. The predicted octanol–water partition coefficient (Wildman–Crippen LogP) is -0.413. The first-order chi connectivity index (χ1) is 2.80. The summed E-state index contributed by atoms with van der Waals surface area (Å²) in [5.41, 5.74) is 5.15. The molecule has 2 N–H and O–H groups in total. The van der Waals surface area contributed by atoms with Crippen LogP contribution in [0, 0.1) is 0 Å². The average Bonchev–Trinajstić information content (AvgIpc) is 1.61. The topological polar surface area (TPSA) is 43.1 Å². The van der Waals surface area contributed by atoms with Gasteiger partial charge < -0.3 is 5.73 Å². The molecule has 3 heteroatoms. The molecule has 0 radical (unpaired) electrons. The molecule has 1 atom stereocenters. The van der Waals surface area contributed by atoms with Crippen molar-refractivity contribution in [3.63, 3.8) is 0 Å². The quantitative estimate of drug-likeness (QED) is 0.453. The molecule has 0 aromatic heterocycles. The lowest BCUT2D eigenvalue weighted by Gasteiger charge is -2.16. The lowest BCUT2D eigenvalue weighted by molar-refractivity contribution is -0.112. The van der Waals surface area contributed by atoms with Gasteiger partial charge in [0.25, 0.3) is 0 Å². The highest BCUT2D eigenvalue weighted by Crippen LogP contribution is 2.16. The zero-order valence-corrected chi connectivity index (χ0v) is 3.99. The van der Waals surface area contributed by atoms with Gasteiger partial charge in [0.1, 0.15) is 0 Å². The second-order valence-corrected chi connectivity index (χ2v) is 2.26. The summed E-state index contributed by atoms with van der Waals surface area (Å²) in [6, 6.07) is -0.144. The normalized spacial score (nSPS) is 32.8. The van der Waals surface area contributed by atoms with Crippen molar-refractivity contribution < 1.29 is 4.79 Å². The number of carbonyl (C=O) groups is 1. The number of nitrogens with two attached hydrogens (primary N) is 1. The molecular formula is C3H5NOS. The van der Waals surface area contributed by atoms with Crippen molar-refractivity contribution in [2.24, 2.45) is 5.73 Å². The van der Waals surface area contributed by atoms with Gasteiger partial charge in [-0.05, 0) is 0 Å². The van der Waals surface area contributed by atoms with Crippen LogP contribution in [0.3, 0.4) is 0 Å². The zero-order valence-electron chi connectivity index (χ0n) is 3.18. The van der Waals surface area contributed by atoms with Gasteiger partial charge in [0, 0.05) is 5.75 Å². The fourth-order valence-electron chi connectivity index (χ4n) is 0.248. The van der Waals surface area contributed by atoms with Gasteiger partial charge in [-0.25, -0.2) is 0 Å². The van der Waals surface area contributed by atoms with Gasteiger partial charge in [-0.2, -0.15) is 0 Å². The minimum atomic E-state index is -0.144. The fraction of sp³-hybridized carbons (Fsp3) is 0.667. The molecule has 1 aliphatic rings. The summed E-state index contributed by atoms with van der Waals surface area (Å²) >= 11 is 1.30. The van der Waals surface area contributed by atoms with E-state index in [4.69, 9.17) is 5.73 Å².